The van der Waals surface area contributed by atoms with Crippen LogP contribution in [0.25, 0.3) is 0 Å². The van der Waals surface area contributed by atoms with E-state index in [0.29, 0.717) is 12.4 Å². The molecule has 23 heavy (non-hydrogen) atoms. The predicted molar refractivity (Wildman–Crippen MR) is 86.0 cm³/mol. The number of nitro groups is 1. The first-order valence-electron chi connectivity index (χ1n) is 7.08. The van der Waals surface area contributed by atoms with E-state index < -0.39 is 4.92 Å². The molecule has 0 aliphatic carbocycles. The van der Waals surface area contributed by atoms with Crippen LogP contribution in [0.3, 0.4) is 0 Å². The van der Waals surface area contributed by atoms with Crippen molar-refractivity contribution in [3.05, 3.63) is 82.6 Å². The summed E-state index contributed by atoms with van der Waals surface area (Å²) >= 11 is 0. The topological polar surface area (TPSA) is 85.9 Å². The molecule has 0 bridgehead atoms. The number of pyridine rings is 1. The third-order valence-corrected chi connectivity index (χ3v) is 3.35. The molecule has 0 spiro atoms. The van der Waals surface area contributed by atoms with Gasteiger partial charge in [-0.2, -0.15) is 0 Å². The van der Waals surface area contributed by atoms with Crippen LogP contribution in [-0.4, -0.2) is 19.5 Å². The molecule has 7 heteroatoms. The first kappa shape index (κ1) is 14.7. The van der Waals surface area contributed by atoms with Crippen molar-refractivity contribution >= 4 is 11.5 Å². The summed E-state index contributed by atoms with van der Waals surface area (Å²) in [4.78, 5) is 18.2. The van der Waals surface area contributed by atoms with Gasteiger partial charge in [-0.3, -0.25) is 10.1 Å². The standard InChI is InChI=1S/C16H15N5O2/c22-21(23)15-4-5-16(19-10-15)18-9-13-2-1-3-14(8-13)11-20-7-6-17-12-20/h1-8,10,12H,9,11H2,(H,18,19). The van der Waals surface area contributed by atoms with Crippen LogP contribution in [0.4, 0.5) is 11.5 Å². The van der Waals surface area contributed by atoms with Crippen molar-refractivity contribution in [1.82, 2.24) is 14.5 Å². The van der Waals surface area contributed by atoms with Gasteiger partial charge in [0.15, 0.2) is 0 Å². The molecule has 0 unspecified atom stereocenters. The minimum Gasteiger partial charge on any atom is -0.366 e. The third-order valence-electron chi connectivity index (χ3n) is 3.35. The zero-order valence-corrected chi connectivity index (χ0v) is 12.3. The summed E-state index contributed by atoms with van der Waals surface area (Å²) in [5, 5.41) is 13.8. The zero-order chi connectivity index (χ0) is 16.1. The molecule has 0 atom stereocenters. The molecule has 3 aromatic rings. The highest BCUT2D eigenvalue weighted by Gasteiger charge is 2.05. The summed E-state index contributed by atoms with van der Waals surface area (Å²) in [5.41, 5.74) is 2.28. The van der Waals surface area contributed by atoms with Gasteiger partial charge in [-0.25, -0.2) is 9.97 Å². The summed E-state index contributed by atoms with van der Waals surface area (Å²) in [7, 11) is 0. The molecular weight excluding hydrogens is 294 g/mol. The minimum atomic E-state index is -0.462. The van der Waals surface area contributed by atoms with Crippen molar-refractivity contribution in [1.29, 1.82) is 0 Å². The number of imidazole rings is 1. The molecule has 0 fully saturated rings. The Labute approximate surface area is 132 Å². The van der Waals surface area contributed by atoms with E-state index in [9.17, 15) is 10.1 Å². The molecule has 0 aliphatic rings. The van der Waals surface area contributed by atoms with Crippen LogP contribution < -0.4 is 5.32 Å². The van der Waals surface area contributed by atoms with Crippen LogP contribution in [0, 0.1) is 10.1 Å². The lowest BCUT2D eigenvalue weighted by molar-refractivity contribution is -0.385. The average molecular weight is 309 g/mol. The van der Waals surface area contributed by atoms with E-state index in [-0.39, 0.29) is 5.69 Å². The Kier molecular flexibility index (Phi) is 4.28. The van der Waals surface area contributed by atoms with Crippen molar-refractivity contribution in [2.24, 2.45) is 0 Å². The van der Waals surface area contributed by atoms with E-state index in [1.54, 1.807) is 18.6 Å². The van der Waals surface area contributed by atoms with Gasteiger partial charge in [-0.05, 0) is 17.2 Å². The highest BCUT2D eigenvalue weighted by molar-refractivity contribution is 5.41. The lowest BCUT2D eigenvalue weighted by Gasteiger charge is -2.08. The molecule has 3 rings (SSSR count). The summed E-state index contributed by atoms with van der Waals surface area (Å²) in [6.45, 7) is 1.37. The highest BCUT2D eigenvalue weighted by atomic mass is 16.6. The number of nitrogens with zero attached hydrogens (tertiary/aromatic N) is 4. The molecule has 1 aromatic carbocycles. The maximum atomic E-state index is 10.6. The van der Waals surface area contributed by atoms with Crippen LogP contribution in [0.1, 0.15) is 11.1 Å². The van der Waals surface area contributed by atoms with Crippen LogP contribution in [0.2, 0.25) is 0 Å². The Morgan fingerprint density at radius 3 is 2.78 bits per heavy atom. The smallest absolute Gasteiger partial charge is 0.287 e. The quantitative estimate of drug-likeness (QED) is 0.559. The first-order chi connectivity index (χ1) is 11.2. The van der Waals surface area contributed by atoms with Crippen molar-refractivity contribution in [2.45, 2.75) is 13.1 Å². The summed E-state index contributed by atoms with van der Waals surface area (Å²) < 4.78 is 2.00. The van der Waals surface area contributed by atoms with Gasteiger partial charge in [0.2, 0.25) is 0 Å². The van der Waals surface area contributed by atoms with E-state index in [2.05, 4.69) is 27.4 Å². The minimum absolute atomic E-state index is 0.0159. The van der Waals surface area contributed by atoms with Crippen LogP contribution in [-0.2, 0) is 13.1 Å². The second-order valence-electron chi connectivity index (χ2n) is 5.07. The maximum Gasteiger partial charge on any atom is 0.287 e. The van der Waals surface area contributed by atoms with Crippen LogP contribution in [0.5, 0.6) is 0 Å². The van der Waals surface area contributed by atoms with Gasteiger partial charge in [0.1, 0.15) is 12.0 Å². The van der Waals surface area contributed by atoms with Gasteiger partial charge >= 0.3 is 0 Å². The van der Waals surface area contributed by atoms with Gasteiger partial charge < -0.3 is 9.88 Å². The van der Waals surface area contributed by atoms with Gasteiger partial charge in [0.05, 0.1) is 11.3 Å². The van der Waals surface area contributed by atoms with Gasteiger partial charge in [-0.15, -0.1) is 0 Å². The van der Waals surface area contributed by atoms with Crippen LogP contribution in [0.15, 0.2) is 61.3 Å². The van der Waals surface area contributed by atoms with E-state index in [1.807, 2.05) is 22.9 Å². The Bertz CT molecular complexity index is 784. The zero-order valence-electron chi connectivity index (χ0n) is 12.3. The van der Waals surface area contributed by atoms with E-state index in [1.165, 1.54) is 17.8 Å². The largest absolute Gasteiger partial charge is 0.366 e. The Balaban J connectivity index is 1.62. The van der Waals surface area contributed by atoms with Crippen LogP contribution >= 0.6 is 0 Å². The molecule has 0 radical (unpaired) electrons. The number of anilines is 1. The van der Waals surface area contributed by atoms with E-state index in [4.69, 9.17) is 0 Å². The van der Waals surface area contributed by atoms with Crippen molar-refractivity contribution in [2.75, 3.05) is 5.32 Å². The second-order valence-corrected chi connectivity index (χ2v) is 5.07. The molecule has 0 amide bonds. The fraction of sp³-hybridized carbons (Fsp3) is 0.125. The number of hydrogen-bond donors (Lipinski definition) is 1. The normalized spacial score (nSPS) is 10.4. The fourth-order valence-electron chi connectivity index (χ4n) is 2.22. The molecule has 0 saturated carbocycles. The highest BCUT2D eigenvalue weighted by Crippen LogP contribution is 2.13. The molecule has 2 aromatic heterocycles. The monoisotopic (exact) mass is 309 g/mol. The van der Waals surface area contributed by atoms with Gasteiger partial charge in [0, 0.05) is 31.5 Å². The molecule has 1 N–H and O–H groups in total. The average Bonchev–Trinajstić information content (AvgIpc) is 3.07. The molecule has 116 valence electrons. The molecule has 2 heterocycles. The third kappa shape index (κ3) is 3.91. The maximum absolute atomic E-state index is 10.6. The summed E-state index contributed by atoms with van der Waals surface area (Å²) in [5.74, 6) is 0.607. The first-order valence-corrected chi connectivity index (χ1v) is 7.08. The Morgan fingerprint density at radius 2 is 2.09 bits per heavy atom. The number of hydrogen-bond acceptors (Lipinski definition) is 5. The molecule has 0 aliphatic heterocycles. The molecule has 7 nitrogen and oxygen atoms in total. The Hall–Kier alpha value is -3.22. The fourth-order valence-corrected chi connectivity index (χ4v) is 2.22. The second kappa shape index (κ2) is 6.69. The molecule has 0 saturated heterocycles. The SMILES string of the molecule is O=[N+]([O-])c1ccc(NCc2cccc(Cn3ccnc3)c2)nc1. The van der Waals surface area contributed by atoms with Crippen molar-refractivity contribution < 1.29 is 4.92 Å². The lowest BCUT2D eigenvalue weighted by atomic mass is 10.1. The summed E-state index contributed by atoms with van der Waals surface area (Å²) in [6.07, 6.45) is 6.71. The number of aromatic nitrogens is 3. The van der Waals surface area contributed by atoms with E-state index in [0.717, 1.165) is 12.1 Å². The van der Waals surface area contributed by atoms with Gasteiger partial charge in [-0.1, -0.05) is 24.3 Å². The number of rotatable bonds is 6. The predicted octanol–water partition coefficient (Wildman–Crippen LogP) is 2.85. The molecular formula is C16H15N5O2. The van der Waals surface area contributed by atoms with Gasteiger partial charge in [0.25, 0.3) is 5.69 Å². The number of nitrogens with one attached hydrogen (secondary N) is 1. The number of benzene rings is 1. The Morgan fingerprint density at radius 1 is 1.22 bits per heavy atom. The summed E-state index contributed by atoms with van der Waals surface area (Å²) in [6, 6.07) is 11.2. The van der Waals surface area contributed by atoms with Crippen molar-refractivity contribution in [3.63, 3.8) is 0 Å². The lowest BCUT2D eigenvalue weighted by Crippen LogP contribution is -2.03. The van der Waals surface area contributed by atoms with E-state index >= 15 is 0 Å². The van der Waals surface area contributed by atoms with Crippen molar-refractivity contribution in [3.8, 4) is 0 Å².